The van der Waals surface area contributed by atoms with E-state index in [1.54, 1.807) is 0 Å². The van der Waals surface area contributed by atoms with Crippen LogP contribution >= 0.6 is 0 Å². The molecule has 0 radical (unpaired) electrons. The predicted molar refractivity (Wildman–Crippen MR) is 75.7 cm³/mol. The van der Waals surface area contributed by atoms with E-state index in [1.807, 2.05) is 0 Å². The molecule has 0 aromatic rings. The minimum Gasteiger partial charge on any atom is -0.481 e. The second-order valence-electron chi connectivity index (χ2n) is 4.49. The van der Waals surface area contributed by atoms with Gasteiger partial charge in [-0.05, 0) is 19.4 Å². The molecule has 7 heteroatoms. The predicted octanol–water partition coefficient (Wildman–Crippen LogP) is 2.04. The first-order valence-electron chi connectivity index (χ1n) is 6.61. The summed E-state index contributed by atoms with van der Waals surface area (Å²) in [6.07, 6.45) is 10.3. The molecule has 0 aliphatic carbocycles. The Labute approximate surface area is 116 Å². The van der Waals surface area contributed by atoms with Gasteiger partial charge in [0.1, 0.15) is 0 Å². The van der Waals surface area contributed by atoms with Crippen molar-refractivity contribution < 1.29 is 22.9 Å². The number of carbonyl (C=O) groups is 1. The number of unbranched alkanes of at least 4 members (excludes halogenated alkanes) is 7. The zero-order valence-corrected chi connectivity index (χ0v) is 12.5. The van der Waals surface area contributed by atoms with Crippen molar-refractivity contribution in [3.63, 3.8) is 0 Å². The highest BCUT2D eigenvalue weighted by Crippen LogP contribution is 2.09. The van der Waals surface area contributed by atoms with Gasteiger partial charge in [0.25, 0.3) is 10.1 Å². The molecule has 0 spiro atoms. The van der Waals surface area contributed by atoms with Crippen LogP contribution in [0.1, 0.15) is 57.8 Å². The fourth-order valence-corrected chi connectivity index (χ4v) is 1.48. The monoisotopic (exact) mass is 297 g/mol. The highest BCUT2D eigenvalue weighted by molar-refractivity contribution is 7.85. The van der Waals surface area contributed by atoms with Gasteiger partial charge in [-0.3, -0.25) is 9.35 Å². The molecule has 116 valence electrons. The molecular formula is C12H27NO5S. The largest absolute Gasteiger partial charge is 0.481 e. The standard InChI is InChI=1S/C11H23NO2.CH4O3S/c12-10-8-6-4-2-1-3-5-7-9-11(13)14;1-5(2,3)4/h1-10,12H2,(H,13,14);1H3,(H,2,3,4). The lowest BCUT2D eigenvalue weighted by molar-refractivity contribution is -0.137. The minimum atomic E-state index is -3.67. The third-order valence-electron chi connectivity index (χ3n) is 2.34. The highest BCUT2D eigenvalue weighted by atomic mass is 32.2. The topological polar surface area (TPSA) is 118 Å². The van der Waals surface area contributed by atoms with Crippen LogP contribution in [-0.4, -0.2) is 36.8 Å². The zero-order valence-electron chi connectivity index (χ0n) is 11.7. The summed E-state index contributed by atoms with van der Waals surface area (Å²) in [7, 11) is -3.67. The van der Waals surface area contributed by atoms with Crippen LogP contribution in [0.4, 0.5) is 0 Å². The van der Waals surface area contributed by atoms with Gasteiger partial charge in [-0.1, -0.05) is 38.5 Å². The average Bonchev–Trinajstić information content (AvgIpc) is 2.24. The van der Waals surface area contributed by atoms with Gasteiger partial charge >= 0.3 is 5.97 Å². The smallest absolute Gasteiger partial charge is 0.303 e. The number of hydrogen-bond donors (Lipinski definition) is 3. The van der Waals surface area contributed by atoms with E-state index in [4.69, 9.17) is 15.4 Å². The Kier molecular flexibility index (Phi) is 15.0. The molecule has 4 N–H and O–H groups in total. The molecule has 19 heavy (non-hydrogen) atoms. The van der Waals surface area contributed by atoms with Crippen molar-refractivity contribution in [2.24, 2.45) is 5.73 Å². The third kappa shape index (κ3) is 38.2. The zero-order chi connectivity index (χ0) is 15.1. The van der Waals surface area contributed by atoms with Crippen molar-refractivity contribution in [2.45, 2.75) is 57.8 Å². The minimum absolute atomic E-state index is 0.327. The van der Waals surface area contributed by atoms with E-state index in [0.29, 0.717) is 12.7 Å². The molecule has 6 nitrogen and oxygen atoms in total. The summed E-state index contributed by atoms with van der Waals surface area (Å²) in [5.74, 6) is -0.673. The van der Waals surface area contributed by atoms with Gasteiger partial charge in [0, 0.05) is 6.42 Å². The second kappa shape index (κ2) is 13.8. The molecule has 0 bridgehead atoms. The van der Waals surface area contributed by atoms with E-state index in [-0.39, 0.29) is 0 Å². The second-order valence-corrected chi connectivity index (χ2v) is 5.96. The third-order valence-corrected chi connectivity index (χ3v) is 2.34. The summed E-state index contributed by atoms with van der Waals surface area (Å²) < 4.78 is 25.9. The maximum atomic E-state index is 10.2. The number of nitrogens with two attached hydrogens (primary N) is 1. The van der Waals surface area contributed by atoms with Crippen LogP contribution < -0.4 is 5.73 Å². The Morgan fingerprint density at radius 1 is 0.947 bits per heavy atom. The first-order chi connectivity index (χ1) is 8.77. The quantitative estimate of drug-likeness (QED) is 0.419. The Hall–Kier alpha value is -0.660. The summed E-state index contributed by atoms with van der Waals surface area (Å²) in [6.45, 7) is 0.804. The van der Waals surface area contributed by atoms with E-state index >= 15 is 0 Å². The Balaban J connectivity index is 0. The van der Waals surface area contributed by atoms with Crippen LogP contribution in [0.3, 0.4) is 0 Å². The van der Waals surface area contributed by atoms with Crippen molar-refractivity contribution in [1.29, 1.82) is 0 Å². The molecular weight excluding hydrogens is 270 g/mol. The molecule has 0 aliphatic heterocycles. The fraction of sp³-hybridized carbons (Fsp3) is 0.917. The first kappa shape index (κ1) is 20.7. The van der Waals surface area contributed by atoms with E-state index < -0.39 is 16.1 Å². The van der Waals surface area contributed by atoms with Crippen LogP contribution in [0.5, 0.6) is 0 Å². The van der Waals surface area contributed by atoms with Gasteiger partial charge in [0.15, 0.2) is 0 Å². The molecule has 0 aromatic heterocycles. The normalized spacial score (nSPS) is 10.7. The lowest BCUT2D eigenvalue weighted by Gasteiger charge is -2.00. The molecule has 0 saturated heterocycles. The molecule has 0 atom stereocenters. The Morgan fingerprint density at radius 2 is 1.26 bits per heavy atom. The number of carboxylic acids is 1. The molecule has 0 aromatic carbocycles. The maximum absolute atomic E-state index is 10.2. The Morgan fingerprint density at radius 3 is 1.58 bits per heavy atom. The fourth-order valence-electron chi connectivity index (χ4n) is 1.48. The van der Waals surface area contributed by atoms with Crippen molar-refractivity contribution in [2.75, 3.05) is 12.8 Å². The summed E-state index contributed by atoms with van der Waals surface area (Å²) in [6, 6.07) is 0. The van der Waals surface area contributed by atoms with Gasteiger partial charge in [-0.25, -0.2) is 0 Å². The van der Waals surface area contributed by atoms with E-state index in [2.05, 4.69) is 0 Å². The van der Waals surface area contributed by atoms with Crippen LogP contribution in [0.2, 0.25) is 0 Å². The highest BCUT2D eigenvalue weighted by Gasteiger charge is 1.96. The lowest BCUT2D eigenvalue weighted by Crippen LogP contribution is -1.97. The van der Waals surface area contributed by atoms with Crippen LogP contribution in [0.15, 0.2) is 0 Å². The molecule has 0 fully saturated rings. The van der Waals surface area contributed by atoms with Gasteiger partial charge < -0.3 is 10.8 Å². The summed E-state index contributed by atoms with van der Waals surface area (Å²) in [5, 5.41) is 8.40. The number of hydrogen-bond acceptors (Lipinski definition) is 4. The molecule has 0 unspecified atom stereocenters. The van der Waals surface area contributed by atoms with Crippen molar-refractivity contribution in [3.05, 3.63) is 0 Å². The summed E-state index contributed by atoms with van der Waals surface area (Å²) in [4.78, 5) is 10.2. The lowest BCUT2D eigenvalue weighted by atomic mass is 10.1. The van der Waals surface area contributed by atoms with Gasteiger partial charge in [-0.2, -0.15) is 8.42 Å². The Bertz CT molecular complexity index is 295. The number of rotatable bonds is 10. The molecule has 0 rings (SSSR count). The summed E-state index contributed by atoms with van der Waals surface area (Å²) >= 11 is 0. The van der Waals surface area contributed by atoms with Crippen LogP contribution in [-0.2, 0) is 14.9 Å². The van der Waals surface area contributed by atoms with Crippen molar-refractivity contribution >= 4 is 16.1 Å². The molecule has 0 saturated carbocycles. The van der Waals surface area contributed by atoms with E-state index in [9.17, 15) is 13.2 Å². The van der Waals surface area contributed by atoms with E-state index in [1.165, 1.54) is 32.1 Å². The average molecular weight is 297 g/mol. The van der Waals surface area contributed by atoms with Crippen LogP contribution in [0.25, 0.3) is 0 Å². The van der Waals surface area contributed by atoms with Crippen molar-refractivity contribution in [1.82, 2.24) is 0 Å². The number of aliphatic carboxylic acids is 1. The first-order valence-corrected chi connectivity index (χ1v) is 8.46. The maximum Gasteiger partial charge on any atom is 0.303 e. The van der Waals surface area contributed by atoms with E-state index in [0.717, 1.165) is 25.8 Å². The SMILES string of the molecule is CS(=O)(=O)O.NCCCCCCCCCCC(=O)O. The molecule has 0 heterocycles. The molecule has 0 amide bonds. The van der Waals surface area contributed by atoms with Gasteiger partial charge in [-0.15, -0.1) is 0 Å². The van der Waals surface area contributed by atoms with Gasteiger partial charge in [0.05, 0.1) is 6.26 Å². The molecule has 0 aliphatic rings. The van der Waals surface area contributed by atoms with Gasteiger partial charge in [0.2, 0.25) is 0 Å². The van der Waals surface area contributed by atoms with Crippen LogP contribution in [0, 0.1) is 0 Å². The number of carboxylic acid groups (broad SMARTS) is 1. The van der Waals surface area contributed by atoms with Crippen molar-refractivity contribution in [3.8, 4) is 0 Å². The summed E-state index contributed by atoms with van der Waals surface area (Å²) in [5.41, 5.74) is 5.38.